The van der Waals surface area contributed by atoms with Crippen LogP contribution in [0.5, 0.6) is 5.75 Å². The number of anilines is 1. The van der Waals surface area contributed by atoms with Gasteiger partial charge in [-0.1, -0.05) is 0 Å². The van der Waals surface area contributed by atoms with Crippen LogP contribution in [-0.4, -0.2) is 52.6 Å². The van der Waals surface area contributed by atoms with E-state index in [4.69, 9.17) is 4.74 Å². The molecule has 0 amide bonds. The second kappa shape index (κ2) is 6.59. The first-order valence-electron chi connectivity index (χ1n) is 8.14. The van der Waals surface area contributed by atoms with Crippen LogP contribution in [0.25, 0.3) is 20.8 Å². The van der Waals surface area contributed by atoms with E-state index in [2.05, 4.69) is 9.97 Å². The molecule has 25 heavy (non-hydrogen) atoms. The van der Waals surface area contributed by atoms with Gasteiger partial charge in [0.1, 0.15) is 16.6 Å². The maximum atomic E-state index is 9.82. The normalized spacial score (nSPS) is 20.8. The summed E-state index contributed by atoms with van der Waals surface area (Å²) in [4.78, 5) is 11.1. The molecule has 0 radical (unpaired) electrons. The monoisotopic (exact) mass is 357 g/mol. The molecule has 0 aliphatic carbocycles. The first kappa shape index (κ1) is 16.3. The minimum atomic E-state index is -0.524. The maximum absolute atomic E-state index is 9.82. The van der Waals surface area contributed by atoms with Gasteiger partial charge >= 0.3 is 0 Å². The second-order valence-corrected chi connectivity index (χ2v) is 7.24. The largest absolute Gasteiger partial charge is 0.497 e. The Bertz CT molecular complexity index is 871. The number of hydrogen-bond donors (Lipinski definition) is 2. The number of piperidine rings is 1. The third-order valence-electron chi connectivity index (χ3n) is 4.32. The Morgan fingerprint density at radius 3 is 2.64 bits per heavy atom. The van der Waals surface area contributed by atoms with E-state index >= 15 is 0 Å². The summed E-state index contributed by atoms with van der Waals surface area (Å²) in [5, 5.41) is 20.5. The molecule has 1 aliphatic rings. The average Bonchev–Trinajstić information content (AvgIpc) is 3.04. The third-order valence-corrected chi connectivity index (χ3v) is 5.39. The number of aromatic nitrogens is 2. The number of hydrogen-bond acceptors (Lipinski definition) is 7. The maximum Gasteiger partial charge on any atom is 0.128 e. The number of rotatable bonds is 3. The van der Waals surface area contributed by atoms with E-state index in [1.807, 2.05) is 35.2 Å². The average molecular weight is 357 g/mol. The minimum absolute atomic E-state index is 0.420. The molecule has 3 aromatic rings. The van der Waals surface area contributed by atoms with Gasteiger partial charge in [0.05, 0.1) is 29.5 Å². The van der Waals surface area contributed by atoms with Crippen LogP contribution in [0.4, 0.5) is 5.82 Å². The molecule has 1 fully saturated rings. The fourth-order valence-corrected chi connectivity index (χ4v) is 4.07. The number of methoxy groups -OCH3 is 1. The number of β-amino-alcohol motifs (C(OH)–C–C–N with tert-alkyl or cyclic N) is 2. The Morgan fingerprint density at radius 1 is 1.16 bits per heavy atom. The van der Waals surface area contributed by atoms with Crippen LogP contribution >= 0.6 is 11.3 Å². The van der Waals surface area contributed by atoms with E-state index in [0.29, 0.717) is 19.5 Å². The zero-order chi connectivity index (χ0) is 17.4. The van der Waals surface area contributed by atoms with Gasteiger partial charge in [0.15, 0.2) is 0 Å². The van der Waals surface area contributed by atoms with Crippen molar-refractivity contribution in [2.45, 2.75) is 18.6 Å². The van der Waals surface area contributed by atoms with Crippen molar-refractivity contribution in [2.75, 3.05) is 25.1 Å². The number of benzene rings is 1. The smallest absolute Gasteiger partial charge is 0.128 e. The highest BCUT2D eigenvalue weighted by Crippen LogP contribution is 2.32. The number of fused-ring (bicyclic) bond motifs is 1. The van der Waals surface area contributed by atoms with Gasteiger partial charge in [0.2, 0.25) is 0 Å². The van der Waals surface area contributed by atoms with Crippen LogP contribution in [0, 0.1) is 0 Å². The number of aliphatic hydroxyl groups is 2. The van der Waals surface area contributed by atoms with Crippen molar-refractivity contribution < 1.29 is 14.9 Å². The predicted molar refractivity (Wildman–Crippen MR) is 98.2 cm³/mol. The molecule has 2 aromatic heterocycles. The van der Waals surface area contributed by atoms with Crippen LogP contribution < -0.4 is 9.64 Å². The fourth-order valence-electron chi connectivity index (χ4n) is 3.09. The molecule has 130 valence electrons. The Labute approximate surface area is 149 Å². The lowest BCUT2D eigenvalue weighted by Gasteiger charge is -2.34. The number of pyridine rings is 1. The summed E-state index contributed by atoms with van der Waals surface area (Å²) in [6.45, 7) is 0.981. The molecule has 6 nitrogen and oxygen atoms in total. The first-order chi connectivity index (χ1) is 12.1. The summed E-state index contributed by atoms with van der Waals surface area (Å²) >= 11 is 1.60. The van der Waals surface area contributed by atoms with E-state index in [-0.39, 0.29) is 0 Å². The van der Waals surface area contributed by atoms with E-state index in [1.54, 1.807) is 24.6 Å². The molecule has 1 aromatic carbocycles. The van der Waals surface area contributed by atoms with Crippen LogP contribution in [-0.2, 0) is 0 Å². The van der Waals surface area contributed by atoms with E-state index in [1.165, 1.54) is 0 Å². The highest BCUT2D eigenvalue weighted by molar-refractivity contribution is 7.21. The molecule has 0 bridgehead atoms. The van der Waals surface area contributed by atoms with Crippen LogP contribution in [0.15, 0.2) is 36.5 Å². The van der Waals surface area contributed by atoms with E-state index < -0.39 is 12.2 Å². The number of ether oxygens (including phenoxy) is 1. The van der Waals surface area contributed by atoms with Gasteiger partial charge in [0, 0.05) is 31.3 Å². The van der Waals surface area contributed by atoms with Crippen molar-refractivity contribution in [1.82, 2.24) is 9.97 Å². The van der Waals surface area contributed by atoms with Gasteiger partial charge in [0.25, 0.3) is 0 Å². The van der Waals surface area contributed by atoms with Crippen molar-refractivity contribution in [1.29, 1.82) is 0 Å². The molecular formula is C18H19N3O3S. The first-order valence-corrected chi connectivity index (χ1v) is 8.96. The lowest BCUT2D eigenvalue weighted by atomic mass is 10.1. The molecule has 1 saturated heterocycles. The van der Waals surface area contributed by atoms with Crippen molar-refractivity contribution in [3.63, 3.8) is 0 Å². The Balaban J connectivity index is 1.59. The lowest BCUT2D eigenvalue weighted by molar-refractivity contribution is 0.0648. The standard InChI is InChI=1S/C18H19N3O3S/c1-24-14-3-4-15-16(7-14)25-18(20-15)11-2-5-17(19-8-11)21-9-12(22)6-13(23)10-21/h2-5,7-8,12-13,22-23H,6,9-10H2,1H3/t12-,13-/m1/s1. The summed E-state index contributed by atoms with van der Waals surface area (Å²) < 4.78 is 6.33. The lowest BCUT2D eigenvalue weighted by Crippen LogP contribution is -2.46. The van der Waals surface area contributed by atoms with Crippen molar-refractivity contribution in [3.05, 3.63) is 36.5 Å². The van der Waals surface area contributed by atoms with Crippen LogP contribution in [0.1, 0.15) is 6.42 Å². The molecule has 2 N–H and O–H groups in total. The van der Waals surface area contributed by atoms with Crippen molar-refractivity contribution in [2.24, 2.45) is 0 Å². The van der Waals surface area contributed by atoms with Gasteiger partial charge in [-0.15, -0.1) is 11.3 Å². The van der Waals surface area contributed by atoms with Crippen molar-refractivity contribution in [3.8, 4) is 16.3 Å². The zero-order valence-corrected chi connectivity index (χ0v) is 14.6. The van der Waals surface area contributed by atoms with Crippen molar-refractivity contribution >= 4 is 27.4 Å². The molecule has 0 saturated carbocycles. The zero-order valence-electron chi connectivity index (χ0n) is 13.8. The highest BCUT2D eigenvalue weighted by atomic mass is 32.1. The fraction of sp³-hybridized carbons (Fsp3) is 0.333. The molecule has 0 unspecified atom stereocenters. The minimum Gasteiger partial charge on any atom is -0.497 e. The van der Waals surface area contributed by atoms with Crippen LogP contribution in [0.2, 0.25) is 0 Å². The number of nitrogens with zero attached hydrogens (tertiary/aromatic N) is 3. The van der Waals surface area contributed by atoms with E-state index in [9.17, 15) is 10.2 Å². The quantitative estimate of drug-likeness (QED) is 0.749. The Morgan fingerprint density at radius 2 is 1.96 bits per heavy atom. The molecule has 3 heterocycles. The summed E-state index contributed by atoms with van der Waals surface area (Å²) in [7, 11) is 1.65. The third kappa shape index (κ3) is 3.30. The SMILES string of the molecule is COc1ccc2nc(-c3ccc(N4C[C@H](O)C[C@@H](O)C4)nc3)sc2c1. The van der Waals surface area contributed by atoms with Gasteiger partial charge < -0.3 is 19.8 Å². The summed E-state index contributed by atoms with van der Waals surface area (Å²) in [6.07, 6.45) is 1.16. The Hall–Kier alpha value is -2.22. The van der Waals surface area contributed by atoms with Gasteiger partial charge in [-0.25, -0.2) is 9.97 Å². The number of aliphatic hydroxyl groups excluding tert-OH is 2. The number of thiazole rings is 1. The molecule has 2 atom stereocenters. The molecule has 4 rings (SSSR count). The molecule has 0 spiro atoms. The van der Waals surface area contributed by atoms with Gasteiger partial charge in [-0.2, -0.15) is 0 Å². The molecule has 7 heteroatoms. The predicted octanol–water partition coefficient (Wildman–Crippen LogP) is 2.30. The second-order valence-electron chi connectivity index (χ2n) is 6.21. The van der Waals surface area contributed by atoms with Crippen LogP contribution in [0.3, 0.4) is 0 Å². The molecular weight excluding hydrogens is 338 g/mol. The summed E-state index contributed by atoms with van der Waals surface area (Å²) in [6, 6.07) is 9.72. The topological polar surface area (TPSA) is 78.7 Å². The van der Waals surface area contributed by atoms with Gasteiger partial charge in [-0.3, -0.25) is 0 Å². The van der Waals surface area contributed by atoms with Gasteiger partial charge in [-0.05, 0) is 30.3 Å². The highest BCUT2D eigenvalue weighted by Gasteiger charge is 2.25. The van der Waals surface area contributed by atoms with E-state index in [0.717, 1.165) is 32.4 Å². The summed E-state index contributed by atoms with van der Waals surface area (Å²) in [5.74, 6) is 1.57. The molecule has 1 aliphatic heterocycles. The summed E-state index contributed by atoms with van der Waals surface area (Å²) in [5.41, 5.74) is 1.88. The Kier molecular flexibility index (Phi) is 4.29.